The van der Waals surface area contributed by atoms with E-state index >= 15 is 0 Å². The zero-order valence-electron chi connectivity index (χ0n) is 10.2. The number of carbonyl (C=O) groups is 2. The average Bonchev–Trinajstić information content (AvgIpc) is 2.37. The molecule has 1 rings (SSSR count). The largest absolute Gasteiger partial charge is 0.355 e. The van der Waals surface area contributed by atoms with Crippen LogP contribution < -0.4 is 5.32 Å². The van der Waals surface area contributed by atoms with E-state index in [1.807, 2.05) is 19.1 Å². The molecule has 0 saturated carbocycles. The quantitative estimate of drug-likeness (QED) is 0.782. The molecule has 0 fully saturated rings. The van der Waals surface area contributed by atoms with E-state index in [4.69, 9.17) is 0 Å². The van der Waals surface area contributed by atoms with Gasteiger partial charge in [0.25, 0.3) is 0 Å². The molecule has 0 spiro atoms. The highest BCUT2D eigenvalue weighted by Gasteiger charge is 2.07. The summed E-state index contributed by atoms with van der Waals surface area (Å²) >= 11 is 4.67. The van der Waals surface area contributed by atoms with Gasteiger partial charge in [-0.15, -0.1) is 11.8 Å². The lowest BCUT2D eigenvalue weighted by Gasteiger charge is -2.03. The second-order valence-electron chi connectivity index (χ2n) is 3.77. The van der Waals surface area contributed by atoms with Gasteiger partial charge in [-0.1, -0.05) is 35.0 Å². The summed E-state index contributed by atoms with van der Waals surface area (Å²) in [6, 6.07) is 7.24. The molecule has 0 aromatic heterocycles. The lowest BCUT2D eigenvalue weighted by molar-refractivity contribution is -0.118. The average molecular weight is 330 g/mol. The van der Waals surface area contributed by atoms with Gasteiger partial charge in [0.1, 0.15) is 0 Å². The normalized spacial score (nSPS) is 10.1. The fourth-order valence-corrected chi connectivity index (χ4v) is 2.28. The van der Waals surface area contributed by atoms with Crippen molar-refractivity contribution in [2.45, 2.75) is 13.3 Å². The molecule has 0 radical (unpaired) electrons. The Balaban J connectivity index is 2.29. The lowest BCUT2D eigenvalue weighted by Crippen LogP contribution is -2.26. The van der Waals surface area contributed by atoms with E-state index in [1.165, 1.54) is 11.8 Å². The van der Waals surface area contributed by atoms with E-state index in [9.17, 15) is 9.59 Å². The van der Waals surface area contributed by atoms with Crippen LogP contribution in [-0.4, -0.2) is 29.7 Å². The molecule has 0 heterocycles. The van der Waals surface area contributed by atoms with Crippen LogP contribution in [0.2, 0.25) is 0 Å². The van der Waals surface area contributed by atoms with Gasteiger partial charge in [0.2, 0.25) is 5.91 Å². The summed E-state index contributed by atoms with van der Waals surface area (Å²) in [7, 11) is 0. The van der Waals surface area contributed by atoms with Gasteiger partial charge in [0, 0.05) is 16.6 Å². The SMILES string of the molecule is CCCNC(=O)CSCC(=O)c1ccc(Br)cc1. The zero-order valence-corrected chi connectivity index (χ0v) is 12.6. The first-order chi connectivity index (χ1) is 8.63. The van der Waals surface area contributed by atoms with Gasteiger partial charge in [-0.2, -0.15) is 0 Å². The first-order valence-electron chi connectivity index (χ1n) is 5.76. The third-order valence-corrected chi connectivity index (χ3v) is 3.67. The number of hydrogen-bond acceptors (Lipinski definition) is 3. The number of carbonyl (C=O) groups excluding carboxylic acids is 2. The molecule has 18 heavy (non-hydrogen) atoms. The highest BCUT2D eigenvalue weighted by atomic mass is 79.9. The van der Waals surface area contributed by atoms with Crippen LogP contribution in [0.3, 0.4) is 0 Å². The Morgan fingerprint density at radius 2 is 1.89 bits per heavy atom. The smallest absolute Gasteiger partial charge is 0.230 e. The Morgan fingerprint density at radius 3 is 2.50 bits per heavy atom. The number of Topliss-reactive ketones (excluding diaryl/α,β-unsaturated/α-hetero) is 1. The predicted octanol–water partition coefficient (Wildman–Crippen LogP) is 2.89. The highest BCUT2D eigenvalue weighted by molar-refractivity contribution is 9.10. The van der Waals surface area contributed by atoms with Crippen LogP contribution in [0.1, 0.15) is 23.7 Å². The van der Waals surface area contributed by atoms with Gasteiger partial charge < -0.3 is 5.32 Å². The first-order valence-corrected chi connectivity index (χ1v) is 7.71. The molecule has 0 aliphatic heterocycles. The van der Waals surface area contributed by atoms with Crippen molar-refractivity contribution in [3.8, 4) is 0 Å². The Kier molecular flexibility index (Phi) is 7.05. The molecule has 3 nitrogen and oxygen atoms in total. The molecule has 98 valence electrons. The summed E-state index contributed by atoms with van der Waals surface area (Å²) in [5.74, 6) is 0.713. The maximum atomic E-state index is 11.8. The van der Waals surface area contributed by atoms with Crippen molar-refractivity contribution in [2.75, 3.05) is 18.1 Å². The van der Waals surface area contributed by atoms with Gasteiger partial charge in [0.05, 0.1) is 11.5 Å². The number of ketones is 1. The topological polar surface area (TPSA) is 46.2 Å². The van der Waals surface area contributed by atoms with Crippen molar-refractivity contribution in [3.05, 3.63) is 34.3 Å². The zero-order chi connectivity index (χ0) is 13.4. The predicted molar refractivity (Wildman–Crippen MR) is 79.1 cm³/mol. The van der Waals surface area contributed by atoms with Crippen LogP contribution in [0, 0.1) is 0 Å². The number of halogens is 1. The first kappa shape index (κ1) is 15.2. The Bertz CT molecular complexity index is 406. The standard InChI is InChI=1S/C13H16BrNO2S/c1-2-7-15-13(17)9-18-8-12(16)10-3-5-11(14)6-4-10/h3-6H,2,7-9H2,1H3,(H,15,17). The van der Waals surface area contributed by atoms with Gasteiger partial charge in [-0.3, -0.25) is 9.59 Å². The van der Waals surface area contributed by atoms with Gasteiger partial charge in [0.15, 0.2) is 5.78 Å². The van der Waals surface area contributed by atoms with Crippen LogP contribution in [0.4, 0.5) is 0 Å². The minimum atomic E-state index is -0.00884. The molecule has 1 aromatic carbocycles. The maximum absolute atomic E-state index is 11.8. The summed E-state index contributed by atoms with van der Waals surface area (Å²) in [6.07, 6.45) is 0.925. The summed E-state index contributed by atoms with van der Waals surface area (Å²) in [4.78, 5) is 23.1. The number of thioether (sulfide) groups is 1. The van der Waals surface area contributed by atoms with Crippen molar-refractivity contribution in [1.29, 1.82) is 0 Å². The van der Waals surface area contributed by atoms with E-state index in [1.54, 1.807) is 12.1 Å². The fraction of sp³-hybridized carbons (Fsp3) is 0.385. The van der Waals surface area contributed by atoms with Crippen molar-refractivity contribution in [2.24, 2.45) is 0 Å². The van der Waals surface area contributed by atoms with Crippen molar-refractivity contribution < 1.29 is 9.59 Å². The molecule has 1 aromatic rings. The minimum Gasteiger partial charge on any atom is -0.355 e. The summed E-state index contributed by atoms with van der Waals surface area (Å²) < 4.78 is 0.950. The molecule has 1 amide bonds. The molecule has 0 aliphatic rings. The molecule has 0 saturated heterocycles. The maximum Gasteiger partial charge on any atom is 0.230 e. The Labute approximate surface area is 120 Å². The highest BCUT2D eigenvalue weighted by Crippen LogP contribution is 2.12. The third-order valence-electron chi connectivity index (χ3n) is 2.20. The molecule has 5 heteroatoms. The van der Waals surface area contributed by atoms with Crippen molar-refractivity contribution in [1.82, 2.24) is 5.32 Å². The van der Waals surface area contributed by atoms with Crippen LogP contribution in [0.15, 0.2) is 28.7 Å². The van der Waals surface area contributed by atoms with E-state index in [0.717, 1.165) is 10.9 Å². The summed E-state index contributed by atoms with van der Waals surface area (Å²) in [5.41, 5.74) is 0.680. The molecular formula is C13H16BrNO2S. The molecule has 0 aliphatic carbocycles. The Hall–Kier alpha value is -0.810. The molecule has 0 bridgehead atoms. The summed E-state index contributed by atoms with van der Waals surface area (Å²) in [6.45, 7) is 2.70. The number of amides is 1. The number of hydrogen-bond donors (Lipinski definition) is 1. The fourth-order valence-electron chi connectivity index (χ4n) is 1.27. The van der Waals surface area contributed by atoms with E-state index in [-0.39, 0.29) is 11.7 Å². The second kappa shape index (κ2) is 8.32. The van der Waals surface area contributed by atoms with Crippen LogP contribution in [0.25, 0.3) is 0 Å². The summed E-state index contributed by atoms with van der Waals surface area (Å²) in [5, 5.41) is 2.78. The molecule has 0 atom stereocenters. The molecular weight excluding hydrogens is 314 g/mol. The van der Waals surface area contributed by atoms with Crippen LogP contribution >= 0.6 is 27.7 Å². The Morgan fingerprint density at radius 1 is 1.22 bits per heavy atom. The van der Waals surface area contributed by atoms with Crippen molar-refractivity contribution >= 4 is 39.4 Å². The van der Waals surface area contributed by atoms with Crippen LogP contribution in [-0.2, 0) is 4.79 Å². The van der Waals surface area contributed by atoms with E-state index < -0.39 is 0 Å². The van der Waals surface area contributed by atoms with E-state index in [2.05, 4.69) is 21.2 Å². The van der Waals surface area contributed by atoms with Gasteiger partial charge >= 0.3 is 0 Å². The second-order valence-corrected chi connectivity index (χ2v) is 5.67. The third kappa shape index (κ3) is 5.69. The van der Waals surface area contributed by atoms with Crippen molar-refractivity contribution in [3.63, 3.8) is 0 Å². The lowest BCUT2D eigenvalue weighted by atomic mass is 10.2. The van der Waals surface area contributed by atoms with Gasteiger partial charge in [-0.05, 0) is 18.6 Å². The number of nitrogens with one attached hydrogen (secondary N) is 1. The molecule has 0 unspecified atom stereocenters. The monoisotopic (exact) mass is 329 g/mol. The van der Waals surface area contributed by atoms with Crippen LogP contribution in [0.5, 0.6) is 0 Å². The van der Waals surface area contributed by atoms with E-state index in [0.29, 0.717) is 23.6 Å². The number of rotatable bonds is 7. The van der Waals surface area contributed by atoms with Gasteiger partial charge in [-0.25, -0.2) is 0 Å². The number of benzene rings is 1. The molecule has 1 N–H and O–H groups in total. The minimum absolute atomic E-state index is 0.00884.